The van der Waals surface area contributed by atoms with Crippen LogP contribution in [0.15, 0.2) is 41.9 Å². The number of rotatable bonds is 6. The molecule has 0 fully saturated rings. The number of fused-ring (bicyclic) bond motifs is 1. The Morgan fingerprint density at radius 3 is 2.72 bits per heavy atom. The monoisotopic (exact) mass is 340 g/mol. The molecule has 0 aliphatic carbocycles. The van der Waals surface area contributed by atoms with Crippen molar-refractivity contribution in [1.29, 1.82) is 0 Å². The Bertz CT molecular complexity index is 777. The van der Waals surface area contributed by atoms with Crippen molar-refractivity contribution >= 4 is 11.9 Å². The Morgan fingerprint density at radius 1 is 1.24 bits per heavy atom. The van der Waals surface area contributed by atoms with E-state index in [9.17, 15) is 4.79 Å². The highest BCUT2D eigenvalue weighted by Crippen LogP contribution is 2.35. The highest BCUT2D eigenvalue weighted by atomic mass is 16.5. The summed E-state index contributed by atoms with van der Waals surface area (Å²) < 4.78 is 7.26. The number of allylic oxidation sites excluding steroid dienone is 1. The van der Waals surface area contributed by atoms with Crippen molar-refractivity contribution < 1.29 is 9.53 Å². The maximum absolute atomic E-state index is 12.8. The topological polar surface area (TPSA) is 69.0 Å². The van der Waals surface area contributed by atoms with Gasteiger partial charge in [-0.05, 0) is 25.8 Å². The number of carbonyl (C=O) groups excluding carboxylic acids is 1. The summed E-state index contributed by atoms with van der Waals surface area (Å²) in [5.74, 6) is 0.332. The fourth-order valence-corrected chi connectivity index (χ4v) is 3.01. The fraction of sp³-hybridized carbons (Fsp3) is 0.421. The molecule has 1 aliphatic rings. The van der Waals surface area contributed by atoms with E-state index in [2.05, 4.69) is 22.3 Å². The molecule has 0 amide bonds. The molecular weight excluding hydrogens is 316 g/mol. The summed E-state index contributed by atoms with van der Waals surface area (Å²) in [5, 5.41) is 7.47. The van der Waals surface area contributed by atoms with Gasteiger partial charge in [0, 0.05) is 5.70 Å². The van der Waals surface area contributed by atoms with Gasteiger partial charge in [-0.2, -0.15) is 10.1 Å². The fourth-order valence-electron chi connectivity index (χ4n) is 3.01. The second-order valence-electron chi connectivity index (χ2n) is 6.35. The summed E-state index contributed by atoms with van der Waals surface area (Å²) in [6, 6.07) is 7.78. The molecule has 1 N–H and O–H groups in total. The predicted octanol–water partition coefficient (Wildman–Crippen LogP) is 3.61. The average molecular weight is 340 g/mol. The molecule has 1 aromatic heterocycles. The molecule has 6 heteroatoms. The number of aryl methyl sites for hydroxylation is 1. The summed E-state index contributed by atoms with van der Waals surface area (Å²) in [4.78, 5) is 17.0. The number of esters is 1. The number of carbonyl (C=O) groups is 1. The molecule has 3 rings (SSSR count). The Balaban J connectivity index is 1.92. The molecule has 0 spiro atoms. The van der Waals surface area contributed by atoms with Crippen LogP contribution in [0.2, 0.25) is 0 Å². The number of benzene rings is 1. The van der Waals surface area contributed by atoms with Crippen molar-refractivity contribution in [3.8, 4) is 0 Å². The van der Waals surface area contributed by atoms with E-state index in [-0.39, 0.29) is 12.0 Å². The smallest absolute Gasteiger partial charge is 0.338 e. The van der Waals surface area contributed by atoms with Crippen LogP contribution in [0, 0.1) is 6.92 Å². The second kappa shape index (κ2) is 7.51. The van der Waals surface area contributed by atoms with Crippen molar-refractivity contribution in [2.75, 3.05) is 11.9 Å². The molecule has 0 saturated carbocycles. The van der Waals surface area contributed by atoms with Gasteiger partial charge in [-0.3, -0.25) is 0 Å². The minimum Gasteiger partial charge on any atom is -0.462 e. The number of hydrogen-bond acceptors (Lipinski definition) is 5. The lowest BCUT2D eigenvalue weighted by atomic mass is 9.95. The van der Waals surface area contributed by atoms with E-state index in [1.165, 1.54) is 11.9 Å². The summed E-state index contributed by atoms with van der Waals surface area (Å²) in [5.41, 5.74) is 3.49. The van der Waals surface area contributed by atoms with E-state index in [4.69, 9.17) is 4.74 Å². The Morgan fingerprint density at radius 2 is 2.00 bits per heavy atom. The number of nitrogens with one attached hydrogen (secondary N) is 1. The quantitative estimate of drug-likeness (QED) is 0.642. The maximum atomic E-state index is 12.8. The third-order valence-electron chi connectivity index (χ3n) is 4.39. The van der Waals surface area contributed by atoms with Crippen molar-refractivity contribution in [2.24, 2.45) is 0 Å². The molecule has 0 radical (unpaired) electrons. The number of ether oxygens (including phenoxy) is 1. The van der Waals surface area contributed by atoms with Crippen LogP contribution in [0.3, 0.4) is 0 Å². The molecule has 132 valence electrons. The van der Waals surface area contributed by atoms with Crippen molar-refractivity contribution in [1.82, 2.24) is 14.8 Å². The molecule has 0 unspecified atom stereocenters. The molecule has 1 aromatic carbocycles. The third kappa shape index (κ3) is 3.57. The normalized spacial score (nSPS) is 16.4. The SMILES string of the molecule is CCCCCOC(=O)C1=C(C)Nc2ncnn2[C@H]1c1ccc(C)cc1. The zero-order valence-electron chi connectivity index (χ0n) is 15.0. The lowest BCUT2D eigenvalue weighted by Gasteiger charge is -2.28. The third-order valence-corrected chi connectivity index (χ3v) is 4.39. The van der Waals surface area contributed by atoms with E-state index in [0.29, 0.717) is 18.1 Å². The van der Waals surface area contributed by atoms with E-state index in [1.54, 1.807) is 4.68 Å². The van der Waals surface area contributed by atoms with Gasteiger partial charge in [-0.1, -0.05) is 49.6 Å². The molecule has 2 aromatic rings. The summed E-state index contributed by atoms with van der Waals surface area (Å²) >= 11 is 0. The Labute approximate surface area is 147 Å². The minimum absolute atomic E-state index is 0.298. The molecule has 0 saturated heterocycles. The maximum Gasteiger partial charge on any atom is 0.338 e. The van der Waals surface area contributed by atoms with Crippen molar-refractivity contribution in [3.05, 3.63) is 53.0 Å². The zero-order chi connectivity index (χ0) is 17.8. The van der Waals surface area contributed by atoms with Crippen molar-refractivity contribution in [3.63, 3.8) is 0 Å². The zero-order valence-corrected chi connectivity index (χ0v) is 15.0. The van der Waals surface area contributed by atoms with Crippen LogP contribution in [0.4, 0.5) is 5.95 Å². The van der Waals surface area contributed by atoms with Gasteiger partial charge in [-0.25, -0.2) is 9.48 Å². The lowest BCUT2D eigenvalue weighted by molar-refractivity contribution is -0.139. The van der Waals surface area contributed by atoms with Gasteiger partial charge in [0.2, 0.25) is 5.95 Å². The molecule has 2 heterocycles. The summed E-state index contributed by atoms with van der Waals surface area (Å²) in [6.45, 7) is 6.48. The Kier molecular flexibility index (Phi) is 5.16. The lowest BCUT2D eigenvalue weighted by Crippen LogP contribution is -2.29. The van der Waals surface area contributed by atoms with Gasteiger partial charge < -0.3 is 10.1 Å². The van der Waals surface area contributed by atoms with Crippen LogP contribution in [0.5, 0.6) is 0 Å². The van der Waals surface area contributed by atoms with Crippen LogP contribution in [-0.4, -0.2) is 27.3 Å². The van der Waals surface area contributed by atoms with E-state index in [1.807, 2.05) is 38.1 Å². The van der Waals surface area contributed by atoms with Crippen LogP contribution in [0.1, 0.15) is 50.3 Å². The van der Waals surface area contributed by atoms with Crippen LogP contribution in [-0.2, 0) is 9.53 Å². The molecular formula is C19H24N4O2. The van der Waals surface area contributed by atoms with Gasteiger partial charge in [0.25, 0.3) is 0 Å². The highest BCUT2D eigenvalue weighted by molar-refractivity contribution is 5.92. The van der Waals surface area contributed by atoms with Crippen LogP contribution in [0.25, 0.3) is 0 Å². The van der Waals surface area contributed by atoms with Crippen LogP contribution < -0.4 is 5.32 Å². The number of unbranched alkanes of at least 4 members (excludes halogenated alkanes) is 2. The number of hydrogen-bond donors (Lipinski definition) is 1. The minimum atomic E-state index is -0.335. The summed E-state index contributed by atoms with van der Waals surface area (Å²) in [7, 11) is 0. The molecule has 25 heavy (non-hydrogen) atoms. The van der Waals surface area contributed by atoms with E-state index in [0.717, 1.165) is 30.5 Å². The average Bonchev–Trinajstić information content (AvgIpc) is 3.06. The van der Waals surface area contributed by atoms with Gasteiger partial charge in [0.15, 0.2) is 0 Å². The summed E-state index contributed by atoms with van der Waals surface area (Å²) in [6.07, 6.45) is 4.52. The first-order valence-electron chi connectivity index (χ1n) is 8.72. The Hall–Kier alpha value is -2.63. The van der Waals surface area contributed by atoms with Gasteiger partial charge in [0.1, 0.15) is 12.4 Å². The number of aromatic nitrogens is 3. The number of nitrogens with zero attached hydrogens (tertiary/aromatic N) is 3. The van der Waals surface area contributed by atoms with E-state index < -0.39 is 0 Å². The molecule has 6 nitrogen and oxygen atoms in total. The van der Waals surface area contributed by atoms with E-state index >= 15 is 0 Å². The predicted molar refractivity (Wildman–Crippen MR) is 96.1 cm³/mol. The second-order valence-corrected chi connectivity index (χ2v) is 6.35. The largest absolute Gasteiger partial charge is 0.462 e. The molecule has 0 bridgehead atoms. The molecule has 1 atom stereocenters. The standard InChI is InChI=1S/C19H24N4O2/c1-4-5-6-11-25-18(24)16-14(3)22-19-20-12-21-23(19)17(16)15-9-7-13(2)8-10-15/h7-10,12,17H,4-6,11H2,1-3H3,(H,20,21,22)/t17-/m0/s1. The van der Waals surface area contributed by atoms with Gasteiger partial charge in [-0.15, -0.1) is 0 Å². The first kappa shape index (κ1) is 17.2. The first-order chi connectivity index (χ1) is 12.1. The number of anilines is 1. The molecule has 1 aliphatic heterocycles. The van der Waals surface area contributed by atoms with Crippen LogP contribution >= 0.6 is 0 Å². The van der Waals surface area contributed by atoms with Crippen molar-refractivity contribution in [2.45, 2.75) is 46.1 Å². The van der Waals surface area contributed by atoms with Gasteiger partial charge in [0.05, 0.1) is 12.2 Å². The van der Waals surface area contributed by atoms with Gasteiger partial charge >= 0.3 is 5.97 Å². The highest BCUT2D eigenvalue weighted by Gasteiger charge is 2.34. The first-order valence-corrected chi connectivity index (χ1v) is 8.72.